The van der Waals surface area contributed by atoms with Gasteiger partial charge in [0.25, 0.3) is 0 Å². The molecule has 56 valence electrons. The van der Waals surface area contributed by atoms with Gasteiger partial charge in [-0.15, -0.1) is 0 Å². The minimum atomic E-state index is -2.20. The number of nitrogens with one attached hydrogen (secondary N) is 1. The van der Waals surface area contributed by atoms with Crippen molar-refractivity contribution in [1.82, 2.24) is 9.38 Å². The Labute approximate surface area is 68.9 Å². The Kier molecular flexibility index (Phi) is 0.775. The van der Waals surface area contributed by atoms with E-state index in [1.54, 1.807) is 16.8 Å². The van der Waals surface area contributed by atoms with Crippen LogP contribution in [0.1, 0.15) is 4.11 Å². The van der Waals surface area contributed by atoms with Gasteiger partial charge < -0.3 is 9.72 Å². The van der Waals surface area contributed by atoms with Crippen molar-refractivity contribution < 1.29 is 4.11 Å². The molecule has 0 aliphatic heterocycles. The maximum Gasteiger partial charge on any atom is 0.151 e. The van der Waals surface area contributed by atoms with Crippen LogP contribution >= 0.6 is 0 Å². The molecule has 2 heterocycles. The van der Waals surface area contributed by atoms with Gasteiger partial charge in [0.1, 0.15) is 6.33 Å². The molecule has 0 aromatic carbocycles. The Morgan fingerprint density at radius 3 is 3.55 bits per heavy atom. The Bertz CT molecular complexity index is 446. The van der Waals surface area contributed by atoms with E-state index in [1.165, 1.54) is 0 Å². The number of imidazole rings is 1. The number of hydrogen-bond donors (Lipinski definition) is 1. The second-order valence-corrected chi connectivity index (χ2v) is 2.21. The van der Waals surface area contributed by atoms with E-state index in [9.17, 15) is 0 Å². The van der Waals surface area contributed by atoms with Gasteiger partial charge in [0.05, 0.1) is 5.52 Å². The zero-order valence-corrected chi connectivity index (χ0v) is 5.78. The first-order valence-electron chi connectivity index (χ1n) is 4.76. The second kappa shape index (κ2) is 2.27. The summed E-state index contributed by atoms with van der Waals surface area (Å²) in [6, 6.07) is 5.50. The van der Waals surface area contributed by atoms with Crippen molar-refractivity contribution in [3.63, 3.8) is 0 Å². The van der Waals surface area contributed by atoms with Crippen LogP contribution in [0, 0.1) is 0 Å². The molecule has 3 heteroatoms. The molecule has 0 amide bonds. The molecule has 0 spiro atoms. The quantitative estimate of drug-likeness (QED) is 0.665. The molecular formula is C8H9N3. The van der Waals surface area contributed by atoms with Crippen LogP contribution in [0.15, 0.2) is 30.7 Å². The van der Waals surface area contributed by atoms with Crippen molar-refractivity contribution in [3.8, 4) is 0 Å². The molecule has 2 rings (SSSR count). The lowest BCUT2D eigenvalue weighted by Crippen LogP contribution is -1.88. The number of aromatic nitrogens is 2. The predicted octanol–water partition coefficient (Wildman–Crippen LogP) is 1.38. The summed E-state index contributed by atoms with van der Waals surface area (Å²) >= 11 is 0. The van der Waals surface area contributed by atoms with Gasteiger partial charge >= 0.3 is 0 Å². The number of anilines is 1. The van der Waals surface area contributed by atoms with Gasteiger partial charge in [-0.1, -0.05) is 6.07 Å². The molecular weight excluding hydrogens is 138 g/mol. The molecule has 0 bridgehead atoms. The Balaban J connectivity index is 2.44. The Morgan fingerprint density at radius 1 is 1.64 bits per heavy atom. The van der Waals surface area contributed by atoms with Gasteiger partial charge in [-0.3, -0.25) is 0 Å². The molecule has 1 N–H and O–H groups in total. The maximum atomic E-state index is 7.06. The Morgan fingerprint density at radius 2 is 2.64 bits per heavy atom. The van der Waals surface area contributed by atoms with Crippen LogP contribution in [0.4, 0.5) is 5.82 Å². The highest BCUT2D eigenvalue weighted by atomic mass is 15.1. The van der Waals surface area contributed by atoms with Gasteiger partial charge in [-0.05, 0) is 12.1 Å². The number of pyridine rings is 1. The van der Waals surface area contributed by atoms with Gasteiger partial charge in [0, 0.05) is 17.3 Å². The van der Waals surface area contributed by atoms with Crippen molar-refractivity contribution in [1.29, 1.82) is 0 Å². The summed E-state index contributed by atoms with van der Waals surface area (Å²) in [5.41, 5.74) is 0.753. The average molecular weight is 150 g/mol. The summed E-state index contributed by atoms with van der Waals surface area (Å²) in [6.45, 7) is -2.20. The SMILES string of the molecule is [2H]C([2H])([2H])Nc1ncn2ccccc12. The van der Waals surface area contributed by atoms with Crippen molar-refractivity contribution >= 4 is 11.3 Å². The van der Waals surface area contributed by atoms with E-state index in [0.29, 0.717) is 5.82 Å². The summed E-state index contributed by atoms with van der Waals surface area (Å²) in [4.78, 5) is 3.97. The van der Waals surface area contributed by atoms with Crippen molar-refractivity contribution in [3.05, 3.63) is 30.7 Å². The van der Waals surface area contributed by atoms with Gasteiger partial charge in [-0.25, -0.2) is 4.98 Å². The van der Waals surface area contributed by atoms with Crippen LogP contribution in [0.3, 0.4) is 0 Å². The minimum absolute atomic E-state index is 0.380. The van der Waals surface area contributed by atoms with E-state index in [4.69, 9.17) is 4.11 Å². The monoisotopic (exact) mass is 150 g/mol. The fraction of sp³-hybridized carbons (Fsp3) is 0.125. The second-order valence-electron chi connectivity index (χ2n) is 2.21. The minimum Gasteiger partial charge on any atom is -0.371 e. The van der Waals surface area contributed by atoms with Crippen LogP contribution in [-0.2, 0) is 0 Å². The molecule has 0 aliphatic rings. The molecule has 0 saturated carbocycles. The molecule has 0 atom stereocenters. The van der Waals surface area contributed by atoms with E-state index in [2.05, 4.69) is 10.3 Å². The molecule has 11 heavy (non-hydrogen) atoms. The van der Waals surface area contributed by atoms with E-state index in [0.717, 1.165) is 5.52 Å². The molecule has 0 fully saturated rings. The third kappa shape index (κ3) is 0.852. The van der Waals surface area contributed by atoms with Crippen molar-refractivity contribution in [2.24, 2.45) is 0 Å². The van der Waals surface area contributed by atoms with Gasteiger partial charge in [0.15, 0.2) is 5.82 Å². The van der Waals surface area contributed by atoms with Crippen LogP contribution in [0.25, 0.3) is 5.52 Å². The first kappa shape index (κ1) is 3.76. The molecule has 0 aliphatic carbocycles. The highest BCUT2D eigenvalue weighted by Gasteiger charge is 1.97. The zero-order valence-electron chi connectivity index (χ0n) is 8.78. The highest BCUT2D eigenvalue weighted by Crippen LogP contribution is 2.12. The number of rotatable bonds is 1. The third-order valence-electron chi connectivity index (χ3n) is 1.56. The number of hydrogen-bond acceptors (Lipinski definition) is 2. The standard InChI is InChI=1S/C8H9N3/c1-9-8-7-4-2-3-5-11(7)6-10-8/h2-6,9H,1H3/i1D3. The van der Waals surface area contributed by atoms with E-state index < -0.39 is 6.98 Å². The lowest BCUT2D eigenvalue weighted by Gasteiger charge is -1.94. The lowest BCUT2D eigenvalue weighted by molar-refractivity contribution is 1.15. The topological polar surface area (TPSA) is 29.3 Å². The Hall–Kier alpha value is -1.51. The predicted molar refractivity (Wildman–Crippen MR) is 44.7 cm³/mol. The summed E-state index contributed by atoms with van der Waals surface area (Å²) in [7, 11) is 0. The van der Waals surface area contributed by atoms with Crippen LogP contribution in [0.2, 0.25) is 0 Å². The molecule has 0 saturated heterocycles. The fourth-order valence-electron chi connectivity index (χ4n) is 1.04. The summed E-state index contributed by atoms with van der Waals surface area (Å²) in [6.07, 6.45) is 3.39. The van der Waals surface area contributed by atoms with E-state index in [-0.39, 0.29) is 0 Å². The number of fused-ring (bicyclic) bond motifs is 1. The van der Waals surface area contributed by atoms with Crippen LogP contribution in [0.5, 0.6) is 0 Å². The van der Waals surface area contributed by atoms with Crippen molar-refractivity contribution in [2.75, 3.05) is 12.3 Å². The zero-order chi connectivity index (χ0) is 10.2. The van der Waals surface area contributed by atoms with Crippen molar-refractivity contribution in [2.45, 2.75) is 0 Å². The lowest BCUT2D eigenvalue weighted by atomic mass is 10.4. The highest BCUT2D eigenvalue weighted by molar-refractivity contribution is 5.67. The average Bonchev–Trinajstić information content (AvgIpc) is 2.47. The first-order chi connectivity index (χ1) is 6.56. The van der Waals surface area contributed by atoms with Gasteiger partial charge in [0.2, 0.25) is 0 Å². The number of nitrogens with zero attached hydrogens (tertiary/aromatic N) is 2. The molecule has 2 aromatic rings. The molecule has 0 unspecified atom stereocenters. The summed E-state index contributed by atoms with van der Waals surface area (Å²) in [5, 5.41) is 2.37. The van der Waals surface area contributed by atoms with E-state index in [1.807, 2.05) is 18.3 Å². The van der Waals surface area contributed by atoms with Crippen LogP contribution in [-0.4, -0.2) is 16.4 Å². The summed E-state index contributed by atoms with van der Waals surface area (Å²) in [5.74, 6) is 0.380. The normalized spacial score (nSPS) is 15.5. The fourth-order valence-corrected chi connectivity index (χ4v) is 1.04. The maximum absolute atomic E-state index is 7.06. The molecule has 0 radical (unpaired) electrons. The molecule has 2 aromatic heterocycles. The first-order valence-corrected chi connectivity index (χ1v) is 3.26. The van der Waals surface area contributed by atoms with Gasteiger partial charge in [-0.2, -0.15) is 0 Å². The largest absolute Gasteiger partial charge is 0.371 e. The summed E-state index contributed by atoms with van der Waals surface area (Å²) < 4.78 is 22.9. The molecule has 3 nitrogen and oxygen atoms in total. The van der Waals surface area contributed by atoms with Crippen LogP contribution < -0.4 is 5.32 Å². The smallest absolute Gasteiger partial charge is 0.151 e. The van der Waals surface area contributed by atoms with E-state index >= 15 is 0 Å². The third-order valence-corrected chi connectivity index (χ3v) is 1.56.